The maximum atomic E-state index is 13.8. The number of hydrogen-bond donors (Lipinski definition) is 0. The van der Waals surface area contributed by atoms with Crippen molar-refractivity contribution < 1.29 is 32.2 Å². The van der Waals surface area contributed by atoms with Crippen molar-refractivity contribution in [2.45, 2.75) is 37.3 Å². The number of rotatable bonds is 5. The molecular weight excluding hydrogens is 475 g/mol. The number of esters is 1. The molecule has 2 aliphatic rings. The van der Waals surface area contributed by atoms with Gasteiger partial charge in [-0.3, -0.25) is 9.59 Å². The normalized spacial score (nSPS) is 16.8. The molecule has 2 heterocycles. The van der Waals surface area contributed by atoms with Crippen molar-refractivity contribution in [3.05, 3.63) is 71.0 Å². The second-order valence-electron chi connectivity index (χ2n) is 8.96. The Kier molecular flexibility index (Phi) is 5.77. The summed E-state index contributed by atoms with van der Waals surface area (Å²) in [7, 11) is 2.85. The quantitative estimate of drug-likeness (QED) is 0.476. The lowest BCUT2D eigenvalue weighted by Crippen LogP contribution is -2.43. The summed E-state index contributed by atoms with van der Waals surface area (Å²) in [6.07, 6.45) is -2.41. The van der Waals surface area contributed by atoms with E-state index in [0.717, 1.165) is 16.7 Å². The number of fused-ring (bicyclic) bond motifs is 1. The molecular formula is C26H24F3N3O4. The molecule has 0 spiro atoms. The first-order chi connectivity index (χ1) is 17.2. The summed E-state index contributed by atoms with van der Waals surface area (Å²) >= 11 is 0. The minimum Gasteiger partial charge on any atom is -0.497 e. The predicted molar refractivity (Wildman–Crippen MR) is 124 cm³/mol. The number of anilines is 1. The fourth-order valence-electron chi connectivity index (χ4n) is 5.04. The number of ether oxygens (including phenoxy) is 2. The molecule has 1 saturated carbocycles. The summed E-state index contributed by atoms with van der Waals surface area (Å²) in [6.45, 7) is 0.0741. The van der Waals surface area contributed by atoms with E-state index >= 15 is 0 Å². The number of carbonyl (C=O) groups excluding carboxylic acids is 2. The van der Waals surface area contributed by atoms with Gasteiger partial charge in [0.25, 0.3) is 5.91 Å². The zero-order chi connectivity index (χ0) is 25.7. The van der Waals surface area contributed by atoms with Gasteiger partial charge < -0.3 is 14.4 Å². The third-order valence-corrected chi connectivity index (χ3v) is 7.12. The summed E-state index contributed by atoms with van der Waals surface area (Å²) in [5.74, 6) is -0.336. The second-order valence-corrected chi connectivity index (χ2v) is 8.96. The number of amides is 1. The van der Waals surface area contributed by atoms with Crippen LogP contribution < -0.4 is 9.64 Å². The lowest BCUT2D eigenvalue weighted by molar-refractivity contribution is -0.151. The van der Waals surface area contributed by atoms with Gasteiger partial charge in [0.05, 0.1) is 25.3 Å². The monoisotopic (exact) mass is 499 g/mol. The molecule has 0 atom stereocenters. The molecule has 188 valence electrons. The summed E-state index contributed by atoms with van der Waals surface area (Å²) in [6, 6.07) is 13.3. The molecule has 1 aromatic heterocycles. The lowest BCUT2D eigenvalue weighted by Gasteiger charge is -2.39. The van der Waals surface area contributed by atoms with Crippen LogP contribution >= 0.6 is 0 Å². The second kappa shape index (κ2) is 8.69. The summed E-state index contributed by atoms with van der Waals surface area (Å²) in [4.78, 5) is 27.4. The van der Waals surface area contributed by atoms with Gasteiger partial charge in [-0.25, -0.2) is 4.68 Å². The molecule has 1 aliphatic heterocycles. The number of benzene rings is 2. The number of aromatic nitrogens is 2. The van der Waals surface area contributed by atoms with Gasteiger partial charge >= 0.3 is 12.1 Å². The summed E-state index contributed by atoms with van der Waals surface area (Å²) in [5.41, 5.74) is -0.314. The first-order valence-corrected chi connectivity index (χ1v) is 11.5. The van der Waals surface area contributed by atoms with Crippen LogP contribution in [-0.4, -0.2) is 42.4 Å². The molecule has 7 nitrogen and oxygen atoms in total. The van der Waals surface area contributed by atoms with Crippen molar-refractivity contribution in [1.29, 1.82) is 0 Å². The average Bonchev–Trinajstić information content (AvgIpc) is 3.25. The molecule has 36 heavy (non-hydrogen) atoms. The Hall–Kier alpha value is -3.82. The summed E-state index contributed by atoms with van der Waals surface area (Å²) < 4.78 is 52.6. The van der Waals surface area contributed by atoms with Crippen LogP contribution in [0.15, 0.2) is 48.5 Å². The molecule has 10 heteroatoms. The predicted octanol–water partition coefficient (Wildman–Crippen LogP) is 4.70. The number of nitrogens with zero attached hydrogens (tertiary/aromatic N) is 3. The van der Waals surface area contributed by atoms with Crippen molar-refractivity contribution >= 4 is 17.6 Å². The molecule has 0 unspecified atom stereocenters. The van der Waals surface area contributed by atoms with Crippen molar-refractivity contribution in [2.75, 3.05) is 25.7 Å². The van der Waals surface area contributed by atoms with E-state index in [1.54, 1.807) is 48.5 Å². The highest BCUT2D eigenvalue weighted by molar-refractivity contribution is 6.07. The molecule has 5 rings (SSSR count). The fraction of sp³-hybridized carbons (Fsp3) is 0.346. The lowest BCUT2D eigenvalue weighted by atomic mass is 9.64. The van der Waals surface area contributed by atoms with Crippen LogP contribution in [0.1, 0.15) is 46.6 Å². The highest BCUT2D eigenvalue weighted by Gasteiger charge is 2.47. The Bertz CT molecular complexity index is 1310. The zero-order valence-corrected chi connectivity index (χ0v) is 19.8. The van der Waals surface area contributed by atoms with E-state index in [1.165, 1.54) is 19.1 Å². The van der Waals surface area contributed by atoms with E-state index < -0.39 is 23.2 Å². The highest BCUT2D eigenvalue weighted by Crippen LogP contribution is 2.45. The first-order valence-electron chi connectivity index (χ1n) is 11.5. The van der Waals surface area contributed by atoms with Crippen LogP contribution in [0.3, 0.4) is 0 Å². The molecule has 3 aromatic rings. The van der Waals surface area contributed by atoms with Crippen LogP contribution in [0, 0.1) is 0 Å². The van der Waals surface area contributed by atoms with Crippen molar-refractivity contribution in [2.24, 2.45) is 0 Å². The molecule has 0 saturated heterocycles. The third kappa shape index (κ3) is 3.71. The Morgan fingerprint density at radius 1 is 1.00 bits per heavy atom. The minimum absolute atomic E-state index is 0.0000785. The maximum absolute atomic E-state index is 13.8. The van der Waals surface area contributed by atoms with Crippen molar-refractivity contribution in [3.8, 4) is 11.4 Å². The molecule has 2 aromatic carbocycles. The maximum Gasteiger partial charge on any atom is 0.435 e. The smallest absolute Gasteiger partial charge is 0.435 e. The van der Waals surface area contributed by atoms with Gasteiger partial charge in [-0.15, -0.1) is 0 Å². The van der Waals surface area contributed by atoms with E-state index in [2.05, 4.69) is 5.10 Å². The van der Waals surface area contributed by atoms with E-state index in [9.17, 15) is 22.8 Å². The van der Waals surface area contributed by atoms with Gasteiger partial charge in [-0.05, 0) is 61.2 Å². The first kappa shape index (κ1) is 23.9. The Morgan fingerprint density at radius 3 is 2.17 bits per heavy atom. The number of halogens is 3. The molecule has 0 bridgehead atoms. The van der Waals surface area contributed by atoms with Crippen molar-refractivity contribution in [3.63, 3.8) is 0 Å². The van der Waals surface area contributed by atoms with Gasteiger partial charge in [0.1, 0.15) is 11.4 Å². The molecule has 1 fully saturated rings. The molecule has 0 radical (unpaired) electrons. The Morgan fingerprint density at radius 2 is 1.64 bits per heavy atom. The summed E-state index contributed by atoms with van der Waals surface area (Å²) in [5, 5.41) is 3.81. The minimum atomic E-state index is -4.70. The third-order valence-electron chi connectivity index (χ3n) is 7.12. The van der Waals surface area contributed by atoms with E-state index in [0.29, 0.717) is 30.0 Å². The van der Waals surface area contributed by atoms with Gasteiger partial charge in [0.15, 0.2) is 5.69 Å². The van der Waals surface area contributed by atoms with Gasteiger partial charge in [-0.1, -0.05) is 18.6 Å². The van der Waals surface area contributed by atoms with Crippen LogP contribution in [0.25, 0.3) is 5.69 Å². The number of methoxy groups -OCH3 is 2. The van der Waals surface area contributed by atoms with Crippen molar-refractivity contribution in [1.82, 2.24) is 9.78 Å². The molecule has 1 amide bonds. The molecule has 1 aliphatic carbocycles. The number of alkyl halides is 3. The van der Waals surface area contributed by atoms with Crippen LogP contribution in [0.5, 0.6) is 5.75 Å². The van der Waals surface area contributed by atoms with E-state index in [4.69, 9.17) is 9.47 Å². The largest absolute Gasteiger partial charge is 0.497 e. The van der Waals surface area contributed by atoms with Crippen LogP contribution in [0.4, 0.5) is 18.9 Å². The zero-order valence-electron chi connectivity index (χ0n) is 19.8. The Balaban J connectivity index is 1.52. The topological polar surface area (TPSA) is 73.7 Å². The standard InChI is InChI=1S/C26H24F3N3O4/c1-35-19-10-8-18(9-11-19)32-21-20(22(30-32)26(27,28)29)12-15-31(23(21)33)17-6-4-16(5-7-17)25(13-3-14-25)24(34)36-2/h4-11H,3,12-15H2,1-2H3. The van der Waals surface area contributed by atoms with Gasteiger partial charge in [0, 0.05) is 17.8 Å². The molecule has 0 N–H and O–H groups in total. The number of hydrogen-bond acceptors (Lipinski definition) is 5. The van der Waals surface area contributed by atoms with Gasteiger partial charge in [0.2, 0.25) is 0 Å². The average molecular weight is 499 g/mol. The van der Waals surface area contributed by atoms with E-state index in [1.807, 2.05) is 0 Å². The Labute approximate surface area is 205 Å². The fourth-order valence-corrected chi connectivity index (χ4v) is 5.04. The SMILES string of the molecule is COC(=O)C1(c2ccc(N3CCc4c(C(F)(F)F)nn(-c5ccc(OC)cc5)c4C3=O)cc2)CCC1. The van der Waals surface area contributed by atoms with Crippen LogP contribution in [0.2, 0.25) is 0 Å². The number of carbonyl (C=O) groups is 2. The highest BCUT2D eigenvalue weighted by atomic mass is 19.4. The van der Waals surface area contributed by atoms with Gasteiger partial charge in [-0.2, -0.15) is 18.3 Å². The van der Waals surface area contributed by atoms with Crippen LogP contribution in [-0.2, 0) is 27.5 Å². The van der Waals surface area contributed by atoms with E-state index in [-0.39, 0.29) is 30.2 Å².